The molecule has 1 amide bonds. The third kappa shape index (κ3) is 5.52. The number of fused-ring (bicyclic) bond motifs is 1. The molecule has 0 aliphatic carbocycles. The first kappa shape index (κ1) is 23.2. The monoisotopic (exact) mass is 479 g/mol. The zero-order valence-electron chi connectivity index (χ0n) is 19.1. The van der Waals surface area contributed by atoms with Gasteiger partial charge in [-0.2, -0.15) is 9.97 Å². The topological polar surface area (TPSA) is 131 Å². The van der Waals surface area contributed by atoms with Crippen LogP contribution in [0.3, 0.4) is 0 Å². The summed E-state index contributed by atoms with van der Waals surface area (Å²) in [6.07, 6.45) is 3.34. The van der Waals surface area contributed by atoms with E-state index < -0.39 is 0 Å². The number of aromatic nitrogens is 6. The molecule has 0 aliphatic heterocycles. The predicted octanol–water partition coefficient (Wildman–Crippen LogP) is 3.61. The minimum absolute atomic E-state index is 0.147. The van der Waals surface area contributed by atoms with E-state index in [2.05, 4.69) is 41.1 Å². The number of benzene rings is 1. The summed E-state index contributed by atoms with van der Waals surface area (Å²) in [4.78, 5) is 25.5. The second kappa shape index (κ2) is 10.8. The highest BCUT2D eigenvalue weighted by Crippen LogP contribution is 2.27. The quantitative estimate of drug-likeness (QED) is 0.290. The molecule has 34 heavy (non-hydrogen) atoms. The molecule has 0 radical (unpaired) electrons. The van der Waals surface area contributed by atoms with Gasteiger partial charge in [0.05, 0.1) is 11.9 Å². The number of hydrogen-bond donors (Lipinski definition) is 3. The lowest BCUT2D eigenvalue weighted by atomic mass is 10.2. The molecule has 4 aromatic rings. The van der Waals surface area contributed by atoms with Crippen LogP contribution in [0.2, 0.25) is 0 Å². The molecule has 0 fully saturated rings. The van der Waals surface area contributed by atoms with Crippen molar-refractivity contribution in [1.29, 1.82) is 0 Å². The van der Waals surface area contributed by atoms with Crippen molar-refractivity contribution in [3.05, 3.63) is 48.3 Å². The number of anilines is 3. The van der Waals surface area contributed by atoms with Gasteiger partial charge in [-0.3, -0.25) is 9.78 Å². The number of thioether (sulfide) groups is 1. The molecular formula is C22H25N9O2S. The number of nitrogens with zero attached hydrogens (tertiary/aromatic N) is 6. The Morgan fingerprint density at radius 3 is 2.71 bits per heavy atom. The molecular weight excluding hydrogens is 454 g/mol. The van der Waals surface area contributed by atoms with Crippen LogP contribution in [0.1, 0.15) is 19.4 Å². The van der Waals surface area contributed by atoms with Gasteiger partial charge in [0.15, 0.2) is 5.16 Å². The van der Waals surface area contributed by atoms with E-state index in [9.17, 15) is 4.79 Å². The smallest absolute Gasteiger partial charge is 0.261 e. The Balaban J connectivity index is 1.41. The van der Waals surface area contributed by atoms with Crippen LogP contribution in [0, 0.1) is 6.92 Å². The summed E-state index contributed by atoms with van der Waals surface area (Å²) in [6, 6.07) is 9.12. The van der Waals surface area contributed by atoms with Crippen LogP contribution in [0.4, 0.5) is 17.6 Å². The fourth-order valence-corrected chi connectivity index (χ4v) is 3.83. The second-order valence-electron chi connectivity index (χ2n) is 7.16. The van der Waals surface area contributed by atoms with Crippen molar-refractivity contribution >= 4 is 41.0 Å². The number of pyridine rings is 1. The Morgan fingerprint density at radius 1 is 1.12 bits per heavy atom. The van der Waals surface area contributed by atoms with Crippen molar-refractivity contribution < 1.29 is 9.53 Å². The Morgan fingerprint density at radius 2 is 1.97 bits per heavy atom. The molecule has 0 spiro atoms. The molecule has 3 aromatic heterocycles. The van der Waals surface area contributed by atoms with Gasteiger partial charge in [0.2, 0.25) is 17.8 Å². The first-order valence-electron chi connectivity index (χ1n) is 10.8. The van der Waals surface area contributed by atoms with Crippen molar-refractivity contribution in [1.82, 2.24) is 29.5 Å². The van der Waals surface area contributed by atoms with E-state index >= 15 is 0 Å². The Labute approximate surface area is 200 Å². The zero-order valence-corrected chi connectivity index (χ0v) is 19.9. The summed E-state index contributed by atoms with van der Waals surface area (Å²) in [5, 5.41) is 18.0. The molecule has 0 saturated carbocycles. The number of carbonyl (C=O) groups excluding carboxylic acids is 1. The first-order chi connectivity index (χ1) is 16.6. The number of carbonyl (C=O) groups is 1. The number of amides is 1. The van der Waals surface area contributed by atoms with Gasteiger partial charge >= 0.3 is 0 Å². The van der Waals surface area contributed by atoms with E-state index in [1.165, 1.54) is 11.8 Å². The highest BCUT2D eigenvalue weighted by Gasteiger charge is 2.16. The molecule has 3 heterocycles. The van der Waals surface area contributed by atoms with Gasteiger partial charge in [-0.15, -0.1) is 10.2 Å². The lowest BCUT2D eigenvalue weighted by Gasteiger charge is -2.11. The van der Waals surface area contributed by atoms with Gasteiger partial charge in [0.1, 0.15) is 11.5 Å². The van der Waals surface area contributed by atoms with Crippen molar-refractivity contribution in [2.24, 2.45) is 0 Å². The summed E-state index contributed by atoms with van der Waals surface area (Å²) in [5.74, 6) is 2.77. The first-order valence-corrected chi connectivity index (χ1v) is 11.8. The van der Waals surface area contributed by atoms with E-state index in [0.29, 0.717) is 53.1 Å². The van der Waals surface area contributed by atoms with Crippen LogP contribution in [0.5, 0.6) is 11.5 Å². The van der Waals surface area contributed by atoms with Gasteiger partial charge in [-0.25, -0.2) is 4.40 Å². The molecule has 176 valence electrons. The van der Waals surface area contributed by atoms with Crippen LogP contribution >= 0.6 is 11.8 Å². The fraction of sp³-hybridized carbons (Fsp3) is 0.273. The van der Waals surface area contributed by atoms with Crippen LogP contribution < -0.4 is 20.7 Å². The third-order valence-corrected chi connectivity index (χ3v) is 5.50. The molecule has 0 aliphatic rings. The Kier molecular flexibility index (Phi) is 7.38. The number of rotatable bonds is 10. The summed E-state index contributed by atoms with van der Waals surface area (Å²) in [7, 11) is 0. The molecule has 0 atom stereocenters. The van der Waals surface area contributed by atoms with Gasteiger partial charge < -0.3 is 20.7 Å². The third-order valence-electron chi connectivity index (χ3n) is 4.57. The lowest BCUT2D eigenvalue weighted by Crippen LogP contribution is -2.15. The van der Waals surface area contributed by atoms with Crippen LogP contribution in [0.15, 0.2) is 47.9 Å². The van der Waals surface area contributed by atoms with Gasteiger partial charge in [-0.05, 0) is 56.7 Å². The van der Waals surface area contributed by atoms with E-state index in [1.54, 1.807) is 22.9 Å². The van der Waals surface area contributed by atoms with Gasteiger partial charge in [-0.1, -0.05) is 11.8 Å². The Bertz CT molecular complexity index is 1280. The number of ether oxygens (including phenoxy) is 1. The molecule has 0 saturated heterocycles. The van der Waals surface area contributed by atoms with Crippen LogP contribution in [-0.2, 0) is 4.79 Å². The average Bonchev–Trinajstić information content (AvgIpc) is 3.24. The number of aryl methyl sites for hydroxylation is 1. The van der Waals surface area contributed by atoms with Crippen LogP contribution in [0.25, 0.3) is 5.78 Å². The molecule has 1 aromatic carbocycles. The van der Waals surface area contributed by atoms with Crippen LogP contribution in [-0.4, -0.2) is 54.3 Å². The summed E-state index contributed by atoms with van der Waals surface area (Å²) < 4.78 is 7.55. The SMILES string of the molecule is CCNc1nc(NCC)n2c(SCC(=O)Nc3ccc(Oc4cccnc4)c(C)c3)nnc2n1. The lowest BCUT2D eigenvalue weighted by molar-refractivity contribution is -0.113. The molecule has 4 rings (SSSR count). The van der Waals surface area contributed by atoms with E-state index in [4.69, 9.17) is 4.74 Å². The zero-order chi connectivity index (χ0) is 23.9. The summed E-state index contributed by atoms with van der Waals surface area (Å²) in [5.41, 5.74) is 1.57. The molecule has 0 bridgehead atoms. The van der Waals surface area contributed by atoms with E-state index in [1.807, 2.05) is 45.0 Å². The summed E-state index contributed by atoms with van der Waals surface area (Å²) >= 11 is 1.26. The molecule has 11 nitrogen and oxygen atoms in total. The maximum atomic E-state index is 12.6. The van der Waals surface area contributed by atoms with Crippen molar-refractivity contribution in [3.63, 3.8) is 0 Å². The summed E-state index contributed by atoms with van der Waals surface area (Å²) in [6.45, 7) is 7.21. The maximum absolute atomic E-state index is 12.6. The molecule has 0 unspecified atom stereocenters. The normalized spacial score (nSPS) is 10.8. The molecule has 3 N–H and O–H groups in total. The highest BCUT2D eigenvalue weighted by molar-refractivity contribution is 7.99. The number of hydrogen-bond acceptors (Lipinski definition) is 10. The maximum Gasteiger partial charge on any atom is 0.261 e. The largest absolute Gasteiger partial charge is 0.455 e. The van der Waals surface area contributed by atoms with E-state index in [-0.39, 0.29) is 11.7 Å². The van der Waals surface area contributed by atoms with Crippen molar-refractivity contribution in [2.75, 3.05) is 34.8 Å². The van der Waals surface area contributed by atoms with Crippen molar-refractivity contribution in [2.45, 2.75) is 25.9 Å². The standard InChI is InChI=1S/C22H25N9O2S/c1-4-24-19-27-20(25-5-2)31-21(28-19)29-30-22(31)34-13-18(32)26-15-8-9-17(14(3)11-15)33-16-7-6-10-23-12-16/h6-12H,4-5,13H2,1-3H3,(H,26,32)(H2,24,25,27,28,29). The van der Waals surface area contributed by atoms with Crippen molar-refractivity contribution in [3.8, 4) is 11.5 Å². The van der Waals surface area contributed by atoms with Gasteiger partial charge in [0, 0.05) is 25.0 Å². The second-order valence-corrected chi connectivity index (χ2v) is 8.10. The van der Waals surface area contributed by atoms with Gasteiger partial charge in [0.25, 0.3) is 5.78 Å². The minimum Gasteiger partial charge on any atom is -0.455 e. The molecule has 12 heteroatoms. The predicted molar refractivity (Wildman–Crippen MR) is 132 cm³/mol. The average molecular weight is 480 g/mol. The highest BCUT2D eigenvalue weighted by atomic mass is 32.2. The minimum atomic E-state index is -0.169. The number of nitrogens with one attached hydrogen (secondary N) is 3. The fourth-order valence-electron chi connectivity index (χ4n) is 3.10. The van der Waals surface area contributed by atoms with E-state index in [0.717, 1.165) is 5.56 Å². The Hall–Kier alpha value is -3.93.